The molecule has 0 aliphatic carbocycles. The number of carbonyl (C=O) groups is 2. The molecule has 6 nitrogen and oxygen atoms in total. The van der Waals surface area contributed by atoms with E-state index in [2.05, 4.69) is 5.32 Å². The van der Waals surface area contributed by atoms with Crippen molar-refractivity contribution in [2.75, 3.05) is 14.2 Å². The Morgan fingerprint density at radius 2 is 1.59 bits per heavy atom. The summed E-state index contributed by atoms with van der Waals surface area (Å²) in [6.07, 6.45) is 0.120. The van der Waals surface area contributed by atoms with Gasteiger partial charge >= 0.3 is 0 Å². The number of nitrogens with zero attached hydrogens (tertiary/aromatic N) is 1. The van der Waals surface area contributed by atoms with Crippen LogP contribution in [0.4, 0.5) is 0 Å². The Bertz CT molecular complexity index is 1120. The molecule has 178 valence electrons. The van der Waals surface area contributed by atoms with E-state index < -0.39 is 6.04 Å². The number of halogens is 1. The van der Waals surface area contributed by atoms with Gasteiger partial charge < -0.3 is 19.7 Å². The first-order valence-electron chi connectivity index (χ1n) is 11.0. The molecule has 0 radical (unpaired) electrons. The number of rotatable bonds is 10. The summed E-state index contributed by atoms with van der Waals surface area (Å²) in [6.45, 7) is 2.33. The van der Waals surface area contributed by atoms with Gasteiger partial charge in [0.05, 0.1) is 20.6 Å². The number of hydrogen-bond donors (Lipinski definition) is 1. The van der Waals surface area contributed by atoms with Gasteiger partial charge in [-0.2, -0.15) is 0 Å². The van der Waals surface area contributed by atoms with Crippen LogP contribution in [0.3, 0.4) is 0 Å². The molecule has 0 fully saturated rings. The van der Waals surface area contributed by atoms with Gasteiger partial charge in [-0.05, 0) is 41.8 Å². The van der Waals surface area contributed by atoms with Gasteiger partial charge in [0.25, 0.3) is 0 Å². The standard InChI is InChI=1S/C27H29ClN2O4/c1-19(27(32)29-17-22-11-7-8-12-23(22)28)30(18-20-9-5-4-6-10-20)26(31)16-21-13-14-24(33-2)25(15-21)34-3/h4-15,19H,16-18H2,1-3H3,(H,29,32). The Balaban J connectivity index is 1.77. The molecule has 3 aromatic carbocycles. The molecule has 0 bridgehead atoms. The summed E-state index contributed by atoms with van der Waals surface area (Å²) in [5.74, 6) is 0.716. The van der Waals surface area contributed by atoms with E-state index in [9.17, 15) is 9.59 Å². The Labute approximate surface area is 205 Å². The minimum absolute atomic E-state index is 0.120. The SMILES string of the molecule is COc1ccc(CC(=O)N(Cc2ccccc2)C(C)C(=O)NCc2ccccc2Cl)cc1OC. The highest BCUT2D eigenvalue weighted by atomic mass is 35.5. The predicted molar refractivity (Wildman–Crippen MR) is 133 cm³/mol. The average molecular weight is 481 g/mol. The summed E-state index contributed by atoms with van der Waals surface area (Å²) < 4.78 is 10.6. The van der Waals surface area contributed by atoms with E-state index in [0.29, 0.717) is 23.1 Å². The van der Waals surface area contributed by atoms with E-state index >= 15 is 0 Å². The highest BCUT2D eigenvalue weighted by Crippen LogP contribution is 2.28. The number of nitrogens with one attached hydrogen (secondary N) is 1. The van der Waals surface area contributed by atoms with Crippen molar-refractivity contribution in [1.82, 2.24) is 10.2 Å². The van der Waals surface area contributed by atoms with Gasteiger partial charge in [-0.25, -0.2) is 0 Å². The third-order valence-corrected chi connectivity index (χ3v) is 5.95. The van der Waals surface area contributed by atoms with Crippen molar-refractivity contribution in [2.45, 2.75) is 32.5 Å². The van der Waals surface area contributed by atoms with Gasteiger partial charge in [0.15, 0.2) is 11.5 Å². The molecule has 3 rings (SSSR count). The number of benzene rings is 3. The van der Waals surface area contributed by atoms with Gasteiger partial charge in [0.2, 0.25) is 11.8 Å². The van der Waals surface area contributed by atoms with Crippen molar-refractivity contribution < 1.29 is 19.1 Å². The van der Waals surface area contributed by atoms with Gasteiger partial charge in [-0.1, -0.05) is 66.2 Å². The summed E-state index contributed by atoms with van der Waals surface area (Å²) in [7, 11) is 3.11. The molecule has 0 aromatic heterocycles. The maximum atomic E-state index is 13.4. The van der Waals surface area contributed by atoms with Crippen LogP contribution in [0.1, 0.15) is 23.6 Å². The normalized spacial score (nSPS) is 11.4. The first-order chi connectivity index (χ1) is 16.4. The highest BCUT2D eigenvalue weighted by molar-refractivity contribution is 6.31. The van der Waals surface area contributed by atoms with Crippen LogP contribution in [0.25, 0.3) is 0 Å². The molecule has 1 atom stereocenters. The molecule has 34 heavy (non-hydrogen) atoms. The van der Waals surface area contributed by atoms with E-state index in [1.165, 1.54) is 0 Å². The Hall–Kier alpha value is -3.51. The molecule has 0 spiro atoms. The minimum atomic E-state index is -0.685. The van der Waals surface area contributed by atoms with Crippen molar-refractivity contribution in [1.29, 1.82) is 0 Å². The van der Waals surface area contributed by atoms with E-state index in [1.54, 1.807) is 44.2 Å². The molecule has 0 aliphatic heterocycles. The number of amides is 2. The number of methoxy groups -OCH3 is 2. The molecule has 0 saturated heterocycles. The van der Waals surface area contributed by atoms with Crippen LogP contribution in [0.2, 0.25) is 5.02 Å². The molecular weight excluding hydrogens is 452 g/mol. The average Bonchev–Trinajstić information content (AvgIpc) is 2.86. The second-order valence-electron chi connectivity index (χ2n) is 7.86. The van der Waals surface area contributed by atoms with Crippen molar-refractivity contribution >= 4 is 23.4 Å². The maximum absolute atomic E-state index is 13.4. The van der Waals surface area contributed by atoms with E-state index in [-0.39, 0.29) is 24.8 Å². The largest absolute Gasteiger partial charge is 0.493 e. The fourth-order valence-corrected chi connectivity index (χ4v) is 3.80. The van der Waals surface area contributed by atoms with Gasteiger partial charge in [0.1, 0.15) is 6.04 Å². The first-order valence-corrected chi connectivity index (χ1v) is 11.4. The fourth-order valence-electron chi connectivity index (χ4n) is 3.60. The van der Waals surface area contributed by atoms with E-state index in [1.807, 2.05) is 54.6 Å². The Kier molecular flexibility index (Phi) is 8.93. The molecule has 1 N–H and O–H groups in total. The zero-order valence-electron chi connectivity index (χ0n) is 19.6. The third kappa shape index (κ3) is 6.51. The lowest BCUT2D eigenvalue weighted by Crippen LogP contribution is -2.48. The summed E-state index contributed by atoms with van der Waals surface area (Å²) in [6, 6.07) is 21.6. The molecular formula is C27H29ClN2O4. The van der Waals surface area contributed by atoms with E-state index in [4.69, 9.17) is 21.1 Å². The Morgan fingerprint density at radius 1 is 0.912 bits per heavy atom. The molecule has 7 heteroatoms. The minimum Gasteiger partial charge on any atom is -0.493 e. The summed E-state index contributed by atoms with van der Waals surface area (Å²) in [4.78, 5) is 28.0. The van der Waals surface area contributed by atoms with Crippen LogP contribution in [0.15, 0.2) is 72.8 Å². The zero-order valence-corrected chi connectivity index (χ0v) is 20.3. The first kappa shape index (κ1) is 25.1. The molecule has 1 unspecified atom stereocenters. The van der Waals surface area contributed by atoms with Gasteiger partial charge in [0, 0.05) is 18.1 Å². The molecule has 2 amide bonds. The monoisotopic (exact) mass is 480 g/mol. The van der Waals surface area contributed by atoms with E-state index in [0.717, 1.165) is 16.7 Å². The maximum Gasteiger partial charge on any atom is 0.242 e. The quantitative estimate of drug-likeness (QED) is 0.459. The predicted octanol–water partition coefficient (Wildman–Crippen LogP) is 4.63. The lowest BCUT2D eigenvalue weighted by molar-refractivity contribution is -0.140. The summed E-state index contributed by atoms with van der Waals surface area (Å²) in [5, 5.41) is 3.49. The zero-order chi connectivity index (χ0) is 24.5. The fraction of sp³-hybridized carbons (Fsp3) is 0.259. The molecule has 0 saturated carbocycles. The lowest BCUT2D eigenvalue weighted by Gasteiger charge is -2.29. The second-order valence-corrected chi connectivity index (χ2v) is 8.27. The van der Waals surface area contributed by atoms with Crippen LogP contribution >= 0.6 is 11.6 Å². The van der Waals surface area contributed by atoms with Crippen LogP contribution in [0, 0.1) is 0 Å². The second kappa shape index (κ2) is 12.1. The smallest absolute Gasteiger partial charge is 0.242 e. The Morgan fingerprint density at radius 3 is 2.26 bits per heavy atom. The van der Waals surface area contributed by atoms with Crippen molar-refractivity contribution in [3.8, 4) is 11.5 Å². The van der Waals surface area contributed by atoms with Crippen LogP contribution in [-0.2, 0) is 29.1 Å². The van der Waals surface area contributed by atoms with Gasteiger partial charge in [-0.15, -0.1) is 0 Å². The van der Waals surface area contributed by atoms with Crippen LogP contribution in [-0.4, -0.2) is 37.0 Å². The van der Waals surface area contributed by atoms with Gasteiger partial charge in [-0.3, -0.25) is 9.59 Å². The van der Waals surface area contributed by atoms with Crippen molar-refractivity contribution in [3.05, 3.63) is 94.5 Å². The number of carbonyl (C=O) groups excluding carboxylic acids is 2. The van der Waals surface area contributed by atoms with Crippen molar-refractivity contribution in [3.63, 3.8) is 0 Å². The van der Waals surface area contributed by atoms with Crippen LogP contribution in [0.5, 0.6) is 11.5 Å². The molecule has 0 heterocycles. The summed E-state index contributed by atoms with van der Waals surface area (Å²) in [5.41, 5.74) is 2.52. The molecule has 0 aliphatic rings. The number of ether oxygens (including phenoxy) is 2. The number of hydrogen-bond acceptors (Lipinski definition) is 4. The highest BCUT2D eigenvalue weighted by Gasteiger charge is 2.26. The third-order valence-electron chi connectivity index (χ3n) is 5.58. The lowest BCUT2D eigenvalue weighted by atomic mass is 10.1. The summed E-state index contributed by atoms with van der Waals surface area (Å²) >= 11 is 6.21. The van der Waals surface area contributed by atoms with Crippen molar-refractivity contribution in [2.24, 2.45) is 0 Å². The topological polar surface area (TPSA) is 67.9 Å². The van der Waals surface area contributed by atoms with Crippen LogP contribution < -0.4 is 14.8 Å². The molecule has 3 aromatic rings.